The molecule has 0 aliphatic rings. The molecule has 4 rings (SSSR count). The fourth-order valence-corrected chi connectivity index (χ4v) is 4.71. The van der Waals surface area contributed by atoms with Crippen LogP contribution < -0.4 is 15.6 Å². The van der Waals surface area contributed by atoms with E-state index in [1.807, 2.05) is 30.3 Å². The molecule has 4 aromatic rings. The molecule has 37 heavy (non-hydrogen) atoms. The van der Waals surface area contributed by atoms with Crippen LogP contribution in [0, 0.1) is 17.0 Å². The standard InChI is InChI=1S/C25H22N4O7S/c1-15-21-23(37-22(15)25(32)36-11-10-16-6-4-3-5-7-16)26-14-28(24(21)31)13-20(30)27-18-9-8-17(35-2)12-19(18)29(33)34/h3-9,12,14H,10-11,13H2,1-2H3,(H,27,30). The van der Waals surface area contributed by atoms with Gasteiger partial charge in [-0.25, -0.2) is 9.78 Å². The van der Waals surface area contributed by atoms with Crippen molar-refractivity contribution < 1.29 is 24.0 Å². The molecule has 0 atom stereocenters. The topological polar surface area (TPSA) is 143 Å². The first-order valence-corrected chi connectivity index (χ1v) is 11.9. The maximum absolute atomic E-state index is 13.1. The highest BCUT2D eigenvalue weighted by atomic mass is 32.1. The number of hydrogen-bond acceptors (Lipinski definition) is 9. The average molecular weight is 523 g/mol. The van der Waals surface area contributed by atoms with E-state index >= 15 is 0 Å². The zero-order chi connectivity index (χ0) is 26.5. The van der Waals surface area contributed by atoms with E-state index in [-0.39, 0.29) is 34.0 Å². The lowest BCUT2D eigenvalue weighted by atomic mass is 10.2. The summed E-state index contributed by atoms with van der Waals surface area (Å²) >= 11 is 1.04. The van der Waals surface area contributed by atoms with E-state index in [0.717, 1.165) is 21.5 Å². The van der Waals surface area contributed by atoms with Gasteiger partial charge in [0.15, 0.2) is 0 Å². The summed E-state index contributed by atoms with van der Waals surface area (Å²) in [7, 11) is 1.37. The number of carbonyl (C=O) groups is 2. The highest BCUT2D eigenvalue weighted by molar-refractivity contribution is 7.20. The summed E-state index contributed by atoms with van der Waals surface area (Å²) in [6, 6.07) is 13.6. The third-order valence-electron chi connectivity index (χ3n) is 5.56. The molecule has 1 N–H and O–H groups in total. The van der Waals surface area contributed by atoms with Crippen LogP contribution >= 0.6 is 11.3 Å². The number of nitro groups is 1. The molecule has 2 aromatic heterocycles. The Kier molecular flexibility index (Phi) is 7.58. The van der Waals surface area contributed by atoms with Crippen molar-refractivity contribution in [1.29, 1.82) is 0 Å². The first-order valence-electron chi connectivity index (χ1n) is 11.1. The average Bonchev–Trinajstić information content (AvgIpc) is 3.23. The Bertz CT molecular complexity index is 1550. The van der Waals surface area contributed by atoms with Crippen LogP contribution in [-0.2, 0) is 22.5 Å². The van der Waals surface area contributed by atoms with Gasteiger partial charge in [0.2, 0.25) is 5.91 Å². The molecule has 1 amide bonds. The maximum atomic E-state index is 13.1. The van der Waals surface area contributed by atoms with Crippen molar-refractivity contribution >= 4 is 44.8 Å². The van der Waals surface area contributed by atoms with Gasteiger partial charge in [-0.3, -0.25) is 24.3 Å². The van der Waals surface area contributed by atoms with Gasteiger partial charge in [-0.05, 0) is 30.2 Å². The lowest BCUT2D eigenvalue weighted by molar-refractivity contribution is -0.384. The Labute approximate surface area is 214 Å². The molecule has 0 saturated carbocycles. The van der Waals surface area contributed by atoms with Crippen molar-refractivity contribution in [2.75, 3.05) is 19.0 Å². The van der Waals surface area contributed by atoms with E-state index in [9.17, 15) is 24.5 Å². The van der Waals surface area contributed by atoms with Crippen LogP contribution in [0.3, 0.4) is 0 Å². The summed E-state index contributed by atoms with van der Waals surface area (Å²) < 4.78 is 11.5. The minimum Gasteiger partial charge on any atom is -0.496 e. The molecule has 0 bridgehead atoms. The Hall–Kier alpha value is -4.58. The number of benzene rings is 2. The second-order valence-electron chi connectivity index (χ2n) is 7.97. The number of anilines is 1. The summed E-state index contributed by atoms with van der Waals surface area (Å²) in [6.45, 7) is 1.38. The fraction of sp³-hybridized carbons (Fsp3) is 0.200. The number of amides is 1. The zero-order valence-electron chi connectivity index (χ0n) is 19.9. The summed E-state index contributed by atoms with van der Waals surface area (Å²) in [6.07, 6.45) is 1.76. The quantitative estimate of drug-likeness (QED) is 0.199. The van der Waals surface area contributed by atoms with Crippen molar-refractivity contribution in [2.24, 2.45) is 0 Å². The molecule has 2 aromatic carbocycles. The molecule has 11 nitrogen and oxygen atoms in total. The second-order valence-corrected chi connectivity index (χ2v) is 8.97. The second kappa shape index (κ2) is 11.0. The van der Waals surface area contributed by atoms with Gasteiger partial charge in [-0.1, -0.05) is 30.3 Å². The first-order chi connectivity index (χ1) is 17.8. The number of nitro benzene ring substituents is 1. The maximum Gasteiger partial charge on any atom is 0.348 e. The van der Waals surface area contributed by atoms with Gasteiger partial charge in [-0.2, -0.15) is 0 Å². The third kappa shape index (κ3) is 5.64. The Balaban J connectivity index is 1.50. The van der Waals surface area contributed by atoms with Crippen LogP contribution in [-0.4, -0.2) is 40.1 Å². The summed E-state index contributed by atoms with van der Waals surface area (Å²) in [5.74, 6) is -0.949. The lowest BCUT2D eigenvalue weighted by Crippen LogP contribution is -2.28. The Morgan fingerprint density at radius 2 is 1.95 bits per heavy atom. The van der Waals surface area contributed by atoms with Gasteiger partial charge in [0.1, 0.15) is 27.7 Å². The van der Waals surface area contributed by atoms with Crippen molar-refractivity contribution in [3.63, 3.8) is 0 Å². The number of hydrogen-bond donors (Lipinski definition) is 1. The molecule has 0 aliphatic carbocycles. The van der Waals surface area contributed by atoms with E-state index in [2.05, 4.69) is 10.3 Å². The molecular formula is C25H22N4O7S. The molecule has 0 aliphatic heterocycles. The minimum absolute atomic E-state index is 0.0369. The van der Waals surface area contributed by atoms with E-state index in [1.54, 1.807) is 6.92 Å². The number of esters is 1. The van der Waals surface area contributed by atoms with Gasteiger partial charge in [-0.15, -0.1) is 11.3 Å². The number of aryl methyl sites for hydroxylation is 1. The van der Waals surface area contributed by atoms with Crippen molar-refractivity contribution in [1.82, 2.24) is 9.55 Å². The number of aromatic nitrogens is 2. The Morgan fingerprint density at radius 3 is 2.65 bits per heavy atom. The lowest BCUT2D eigenvalue weighted by Gasteiger charge is -2.09. The van der Waals surface area contributed by atoms with Crippen LogP contribution in [0.4, 0.5) is 11.4 Å². The number of ether oxygens (including phenoxy) is 2. The van der Waals surface area contributed by atoms with Gasteiger partial charge in [0, 0.05) is 6.42 Å². The number of nitrogens with zero attached hydrogens (tertiary/aromatic N) is 3. The smallest absolute Gasteiger partial charge is 0.348 e. The van der Waals surface area contributed by atoms with Crippen LogP contribution in [0.1, 0.15) is 20.8 Å². The van der Waals surface area contributed by atoms with Crippen molar-refractivity contribution in [3.8, 4) is 5.75 Å². The number of nitrogens with one attached hydrogen (secondary N) is 1. The van der Waals surface area contributed by atoms with Gasteiger partial charge in [0.25, 0.3) is 11.2 Å². The SMILES string of the molecule is COc1ccc(NC(=O)Cn2cnc3sc(C(=O)OCCc4ccccc4)c(C)c3c2=O)c([N+](=O)[O-])c1. The van der Waals surface area contributed by atoms with Crippen LogP contribution in [0.25, 0.3) is 10.2 Å². The Morgan fingerprint density at radius 1 is 1.19 bits per heavy atom. The van der Waals surface area contributed by atoms with Crippen LogP contribution in [0.2, 0.25) is 0 Å². The highest BCUT2D eigenvalue weighted by Gasteiger charge is 2.22. The molecule has 0 saturated heterocycles. The monoisotopic (exact) mass is 522 g/mol. The van der Waals surface area contributed by atoms with Gasteiger partial charge in [0.05, 0.1) is 36.4 Å². The predicted molar refractivity (Wildman–Crippen MR) is 137 cm³/mol. The number of fused-ring (bicyclic) bond motifs is 1. The number of rotatable bonds is 9. The molecule has 2 heterocycles. The van der Waals surface area contributed by atoms with Crippen LogP contribution in [0.5, 0.6) is 5.75 Å². The van der Waals surface area contributed by atoms with Gasteiger partial charge >= 0.3 is 5.97 Å². The summed E-state index contributed by atoms with van der Waals surface area (Å²) in [5.41, 5.74) is 0.554. The predicted octanol–water partition coefficient (Wildman–Crippen LogP) is 3.72. The number of thiophene rings is 1. The number of carbonyl (C=O) groups excluding carboxylic acids is 2. The van der Waals surface area contributed by atoms with Gasteiger partial charge < -0.3 is 14.8 Å². The first kappa shape index (κ1) is 25.5. The highest BCUT2D eigenvalue weighted by Crippen LogP contribution is 2.29. The van der Waals surface area contributed by atoms with E-state index in [0.29, 0.717) is 16.8 Å². The summed E-state index contributed by atoms with van der Waals surface area (Å²) in [5, 5.41) is 14.0. The number of methoxy groups -OCH3 is 1. The van der Waals surface area contributed by atoms with Crippen molar-refractivity contribution in [3.05, 3.63) is 91.3 Å². The molecule has 0 radical (unpaired) electrons. The molecule has 12 heteroatoms. The van der Waals surface area contributed by atoms with E-state index in [4.69, 9.17) is 9.47 Å². The molecule has 0 unspecified atom stereocenters. The largest absolute Gasteiger partial charge is 0.496 e. The molecule has 190 valence electrons. The normalized spacial score (nSPS) is 10.8. The van der Waals surface area contributed by atoms with Crippen molar-refractivity contribution in [2.45, 2.75) is 19.9 Å². The van der Waals surface area contributed by atoms with E-state index in [1.165, 1.54) is 31.6 Å². The molecular weight excluding hydrogens is 500 g/mol. The van der Waals surface area contributed by atoms with Crippen LogP contribution in [0.15, 0.2) is 59.7 Å². The zero-order valence-corrected chi connectivity index (χ0v) is 20.7. The molecule has 0 spiro atoms. The molecule has 0 fully saturated rings. The van der Waals surface area contributed by atoms with E-state index < -0.39 is 28.9 Å². The fourth-order valence-electron chi connectivity index (χ4n) is 3.68. The minimum atomic E-state index is -0.662. The third-order valence-corrected chi connectivity index (χ3v) is 6.74. The summed E-state index contributed by atoms with van der Waals surface area (Å²) in [4.78, 5) is 53.9.